The molecule has 1 heterocycles. The third kappa shape index (κ3) is 3.27. The molecule has 1 aromatic carbocycles. The number of hydrogen-bond donors (Lipinski definition) is 2. The van der Waals surface area contributed by atoms with E-state index in [1.54, 1.807) is 13.0 Å². The first-order chi connectivity index (χ1) is 9.47. The highest BCUT2D eigenvalue weighted by Gasteiger charge is 2.17. The second kappa shape index (κ2) is 5.92. The third-order valence-electron chi connectivity index (χ3n) is 2.78. The van der Waals surface area contributed by atoms with Gasteiger partial charge in [-0.1, -0.05) is 6.07 Å². The first-order valence-electron chi connectivity index (χ1n) is 6.15. The summed E-state index contributed by atoms with van der Waals surface area (Å²) in [5, 5.41) is 12.7. The summed E-state index contributed by atoms with van der Waals surface area (Å²) in [5.41, 5.74) is 0.425. The van der Waals surface area contributed by atoms with Crippen LogP contribution in [0.3, 0.4) is 0 Å². The quantitative estimate of drug-likeness (QED) is 0.903. The summed E-state index contributed by atoms with van der Waals surface area (Å²) in [4.78, 5) is 8.24. The van der Waals surface area contributed by atoms with Crippen molar-refractivity contribution in [2.75, 3.05) is 11.9 Å². The Morgan fingerprint density at radius 2 is 1.85 bits per heavy atom. The summed E-state index contributed by atoms with van der Waals surface area (Å²) in [6.45, 7) is 3.51. The van der Waals surface area contributed by atoms with Gasteiger partial charge in [-0.3, -0.25) is 0 Å². The maximum atomic E-state index is 13.5. The Kier molecular flexibility index (Phi) is 4.24. The summed E-state index contributed by atoms with van der Waals surface area (Å²) in [6.07, 6.45) is -1.30. The number of benzene rings is 1. The van der Waals surface area contributed by atoms with Crippen molar-refractivity contribution in [1.82, 2.24) is 9.97 Å². The minimum Gasteiger partial charge on any atom is -0.386 e. The predicted octanol–water partition coefficient (Wildman–Crippen LogP) is 2.52. The van der Waals surface area contributed by atoms with Gasteiger partial charge in [-0.25, -0.2) is 18.7 Å². The van der Waals surface area contributed by atoms with Crippen LogP contribution in [0.4, 0.5) is 14.6 Å². The molecule has 1 unspecified atom stereocenters. The first-order valence-corrected chi connectivity index (χ1v) is 6.15. The van der Waals surface area contributed by atoms with E-state index >= 15 is 0 Å². The molecule has 2 N–H and O–H groups in total. The lowest BCUT2D eigenvalue weighted by molar-refractivity contribution is 0.181. The zero-order chi connectivity index (χ0) is 14.7. The molecule has 0 aliphatic carbocycles. The lowest BCUT2D eigenvalue weighted by Gasteiger charge is -2.14. The Morgan fingerprint density at radius 3 is 2.45 bits per heavy atom. The van der Waals surface area contributed by atoms with Gasteiger partial charge < -0.3 is 10.4 Å². The minimum atomic E-state index is -1.30. The maximum Gasteiger partial charge on any atom is 0.132 e. The van der Waals surface area contributed by atoms with Crippen molar-refractivity contribution in [2.45, 2.75) is 20.0 Å². The average Bonchev–Trinajstić information content (AvgIpc) is 2.35. The van der Waals surface area contributed by atoms with E-state index in [-0.39, 0.29) is 12.1 Å². The van der Waals surface area contributed by atoms with Crippen LogP contribution in [-0.4, -0.2) is 21.6 Å². The molecular weight excluding hydrogens is 264 g/mol. The van der Waals surface area contributed by atoms with Gasteiger partial charge in [0.2, 0.25) is 0 Å². The number of aryl methyl sites for hydroxylation is 2. The standard InChI is InChI=1S/C14H15F2N3O/c1-8-6-13(19-9(2)18-8)17-7-12(20)14-10(15)4-3-5-11(14)16/h3-6,12,20H,7H2,1-2H3,(H,17,18,19). The number of aliphatic hydroxyl groups excluding tert-OH is 1. The summed E-state index contributed by atoms with van der Waals surface area (Å²) in [7, 11) is 0. The second-order valence-electron chi connectivity index (χ2n) is 4.47. The number of aliphatic hydroxyl groups is 1. The molecular formula is C14H15F2N3O. The van der Waals surface area contributed by atoms with Gasteiger partial charge in [-0.05, 0) is 26.0 Å². The van der Waals surface area contributed by atoms with Crippen LogP contribution in [0.5, 0.6) is 0 Å². The molecule has 0 aliphatic rings. The molecule has 2 aromatic rings. The normalized spacial score (nSPS) is 12.2. The van der Waals surface area contributed by atoms with E-state index in [9.17, 15) is 13.9 Å². The highest BCUT2D eigenvalue weighted by atomic mass is 19.1. The van der Waals surface area contributed by atoms with Crippen molar-refractivity contribution in [3.8, 4) is 0 Å². The van der Waals surface area contributed by atoms with Gasteiger partial charge in [0.1, 0.15) is 29.4 Å². The van der Waals surface area contributed by atoms with Crippen LogP contribution >= 0.6 is 0 Å². The largest absolute Gasteiger partial charge is 0.386 e. The number of hydrogen-bond acceptors (Lipinski definition) is 4. The van der Waals surface area contributed by atoms with Gasteiger partial charge in [-0.2, -0.15) is 0 Å². The van der Waals surface area contributed by atoms with Crippen LogP contribution in [-0.2, 0) is 0 Å². The second-order valence-corrected chi connectivity index (χ2v) is 4.47. The Labute approximate surface area is 115 Å². The molecule has 0 bridgehead atoms. The highest BCUT2D eigenvalue weighted by Crippen LogP contribution is 2.21. The van der Waals surface area contributed by atoms with E-state index < -0.39 is 17.7 Å². The zero-order valence-corrected chi connectivity index (χ0v) is 11.2. The van der Waals surface area contributed by atoms with Crippen molar-refractivity contribution in [1.29, 1.82) is 0 Å². The molecule has 1 atom stereocenters. The van der Waals surface area contributed by atoms with Gasteiger partial charge >= 0.3 is 0 Å². The number of anilines is 1. The van der Waals surface area contributed by atoms with Gasteiger partial charge in [-0.15, -0.1) is 0 Å². The fraction of sp³-hybridized carbons (Fsp3) is 0.286. The van der Waals surface area contributed by atoms with E-state index in [1.807, 2.05) is 6.92 Å². The smallest absolute Gasteiger partial charge is 0.132 e. The van der Waals surface area contributed by atoms with E-state index in [2.05, 4.69) is 15.3 Å². The fourth-order valence-electron chi connectivity index (χ4n) is 1.94. The SMILES string of the molecule is Cc1cc(NCC(O)c2c(F)cccc2F)nc(C)n1. The Morgan fingerprint density at radius 1 is 1.20 bits per heavy atom. The molecule has 106 valence electrons. The van der Waals surface area contributed by atoms with Crippen molar-refractivity contribution >= 4 is 5.82 Å². The number of nitrogens with zero attached hydrogens (tertiary/aromatic N) is 2. The monoisotopic (exact) mass is 279 g/mol. The Balaban J connectivity index is 2.10. The van der Waals surface area contributed by atoms with Crippen LogP contribution < -0.4 is 5.32 Å². The van der Waals surface area contributed by atoms with Crippen molar-refractivity contribution in [2.24, 2.45) is 0 Å². The molecule has 0 amide bonds. The summed E-state index contributed by atoms with van der Waals surface area (Å²) in [5.74, 6) is -0.450. The van der Waals surface area contributed by atoms with Gasteiger partial charge in [0.15, 0.2) is 0 Å². The lowest BCUT2D eigenvalue weighted by Crippen LogP contribution is -2.16. The number of rotatable bonds is 4. The zero-order valence-electron chi connectivity index (χ0n) is 11.2. The van der Waals surface area contributed by atoms with Crippen LogP contribution in [0.25, 0.3) is 0 Å². The third-order valence-corrected chi connectivity index (χ3v) is 2.78. The molecule has 0 radical (unpaired) electrons. The fourth-order valence-corrected chi connectivity index (χ4v) is 1.94. The van der Waals surface area contributed by atoms with Crippen LogP contribution in [0.1, 0.15) is 23.2 Å². The van der Waals surface area contributed by atoms with E-state index in [0.717, 1.165) is 17.8 Å². The number of nitrogens with one attached hydrogen (secondary N) is 1. The molecule has 0 spiro atoms. The first kappa shape index (κ1) is 14.3. The molecule has 1 aromatic heterocycles. The average molecular weight is 279 g/mol. The van der Waals surface area contributed by atoms with Gasteiger partial charge in [0.05, 0.1) is 5.56 Å². The summed E-state index contributed by atoms with van der Waals surface area (Å²) < 4.78 is 27.0. The van der Waals surface area contributed by atoms with E-state index in [0.29, 0.717) is 11.6 Å². The Bertz CT molecular complexity index is 579. The highest BCUT2D eigenvalue weighted by molar-refractivity contribution is 5.36. The molecule has 0 fully saturated rings. The van der Waals surface area contributed by atoms with Crippen molar-refractivity contribution < 1.29 is 13.9 Å². The van der Waals surface area contributed by atoms with Crippen LogP contribution in [0.2, 0.25) is 0 Å². The molecule has 2 rings (SSSR count). The molecule has 0 aliphatic heterocycles. The van der Waals surface area contributed by atoms with Crippen molar-refractivity contribution in [3.05, 3.63) is 53.0 Å². The van der Waals surface area contributed by atoms with Crippen LogP contribution in [0.15, 0.2) is 24.3 Å². The summed E-state index contributed by atoms with van der Waals surface area (Å²) >= 11 is 0. The maximum absolute atomic E-state index is 13.5. The molecule has 4 nitrogen and oxygen atoms in total. The molecule has 0 saturated heterocycles. The molecule has 0 saturated carbocycles. The Hall–Kier alpha value is -2.08. The van der Waals surface area contributed by atoms with Crippen molar-refractivity contribution in [3.63, 3.8) is 0 Å². The lowest BCUT2D eigenvalue weighted by atomic mass is 10.1. The van der Waals surface area contributed by atoms with E-state index in [4.69, 9.17) is 0 Å². The molecule has 6 heteroatoms. The van der Waals surface area contributed by atoms with Gasteiger partial charge in [0.25, 0.3) is 0 Å². The predicted molar refractivity (Wildman–Crippen MR) is 71.3 cm³/mol. The van der Waals surface area contributed by atoms with E-state index in [1.165, 1.54) is 6.07 Å². The number of halogens is 2. The molecule has 20 heavy (non-hydrogen) atoms. The minimum absolute atomic E-state index is 0.0479. The van der Waals surface area contributed by atoms with Gasteiger partial charge in [0, 0.05) is 18.3 Å². The van der Waals surface area contributed by atoms with Crippen LogP contribution in [0, 0.1) is 25.5 Å². The number of aromatic nitrogens is 2. The topological polar surface area (TPSA) is 58.0 Å². The summed E-state index contributed by atoms with van der Waals surface area (Å²) in [6, 6.07) is 5.17.